The van der Waals surface area contributed by atoms with Crippen molar-refractivity contribution in [3.8, 4) is 0 Å². The van der Waals surface area contributed by atoms with Gasteiger partial charge in [-0.15, -0.1) is 11.3 Å². The highest BCUT2D eigenvalue weighted by atomic mass is 32.1. The zero-order chi connectivity index (χ0) is 8.97. The number of aromatic nitrogens is 1. The normalized spacial score (nSPS) is 13.2. The summed E-state index contributed by atoms with van der Waals surface area (Å²) >= 11 is 1.51. The topological polar surface area (TPSA) is 59.1 Å². The third kappa shape index (κ3) is 2.27. The Hall–Kier alpha value is -0.450. The number of nitrogens with two attached hydrogens (primary N) is 1. The first-order chi connectivity index (χ1) is 5.77. The van der Waals surface area contributed by atoms with E-state index in [4.69, 9.17) is 5.73 Å². The van der Waals surface area contributed by atoms with Crippen molar-refractivity contribution in [3.63, 3.8) is 0 Å². The maximum Gasteiger partial charge on any atom is 0.121 e. The zero-order valence-corrected chi connectivity index (χ0v) is 7.97. The van der Waals surface area contributed by atoms with Crippen LogP contribution in [-0.4, -0.2) is 16.6 Å². The van der Waals surface area contributed by atoms with E-state index in [9.17, 15) is 5.11 Å². The largest absolute Gasteiger partial charge is 0.386 e. The Bertz CT molecular complexity index is 237. The molecular weight excluding hydrogens is 172 g/mol. The van der Waals surface area contributed by atoms with Crippen LogP contribution >= 0.6 is 11.3 Å². The molecule has 3 nitrogen and oxygen atoms in total. The van der Waals surface area contributed by atoms with Gasteiger partial charge in [-0.2, -0.15) is 0 Å². The van der Waals surface area contributed by atoms with Crippen LogP contribution in [0.5, 0.6) is 0 Å². The number of aliphatic hydroxyl groups is 1. The molecule has 0 saturated carbocycles. The van der Waals surface area contributed by atoms with Crippen molar-refractivity contribution in [3.05, 3.63) is 16.1 Å². The molecule has 0 saturated heterocycles. The number of nitrogens with zero attached hydrogens (tertiary/aromatic N) is 1. The SMILES string of the molecule is CCC(O)c1nc(CCN)cs1. The average Bonchev–Trinajstić information content (AvgIpc) is 2.52. The van der Waals surface area contributed by atoms with Gasteiger partial charge in [-0.25, -0.2) is 4.98 Å². The fourth-order valence-corrected chi connectivity index (χ4v) is 1.83. The van der Waals surface area contributed by atoms with Gasteiger partial charge in [0.05, 0.1) is 5.69 Å². The lowest BCUT2D eigenvalue weighted by molar-refractivity contribution is 0.173. The average molecular weight is 186 g/mol. The van der Waals surface area contributed by atoms with Crippen molar-refractivity contribution < 1.29 is 5.11 Å². The van der Waals surface area contributed by atoms with Gasteiger partial charge >= 0.3 is 0 Å². The Morgan fingerprint density at radius 3 is 3.08 bits per heavy atom. The van der Waals surface area contributed by atoms with Crippen LogP contribution in [0.1, 0.15) is 30.2 Å². The van der Waals surface area contributed by atoms with Crippen molar-refractivity contribution in [1.82, 2.24) is 4.98 Å². The Morgan fingerprint density at radius 1 is 1.75 bits per heavy atom. The summed E-state index contributed by atoms with van der Waals surface area (Å²) in [5, 5.41) is 12.2. The lowest BCUT2D eigenvalue weighted by Gasteiger charge is -2.00. The minimum absolute atomic E-state index is 0.401. The predicted octanol–water partition coefficient (Wildman–Crippen LogP) is 1.09. The number of hydrogen-bond donors (Lipinski definition) is 2. The van der Waals surface area contributed by atoms with E-state index in [2.05, 4.69) is 4.98 Å². The second kappa shape index (κ2) is 4.54. The van der Waals surface area contributed by atoms with E-state index >= 15 is 0 Å². The summed E-state index contributed by atoms with van der Waals surface area (Å²) in [4.78, 5) is 4.26. The van der Waals surface area contributed by atoms with E-state index in [-0.39, 0.29) is 0 Å². The molecule has 0 aromatic carbocycles. The smallest absolute Gasteiger partial charge is 0.121 e. The summed E-state index contributed by atoms with van der Waals surface area (Å²) in [5.74, 6) is 0. The highest BCUT2D eigenvalue weighted by Gasteiger charge is 2.08. The maximum atomic E-state index is 9.43. The van der Waals surface area contributed by atoms with Crippen LogP contribution in [0.15, 0.2) is 5.38 Å². The molecule has 0 radical (unpaired) electrons. The van der Waals surface area contributed by atoms with Crippen LogP contribution in [0.4, 0.5) is 0 Å². The molecule has 3 N–H and O–H groups in total. The maximum absolute atomic E-state index is 9.43. The monoisotopic (exact) mass is 186 g/mol. The highest BCUT2D eigenvalue weighted by molar-refractivity contribution is 7.09. The summed E-state index contributed by atoms with van der Waals surface area (Å²) < 4.78 is 0. The molecule has 12 heavy (non-hydrogen) atoms. The summed E-state index contributed by atoms with van der Waals surface area (Å²) in [6.45, 7) is 2.56. The molecule has 1 atom stereocenters. The zero-order valence-electron chi connectivity index (χ0n) is 7.16. The van der Waals surface area contributed by atoms with Crippen molar-refractivity contribution in [2.24, 2.45) is 5.73 Å². The molecular formula is C8H14N2OS. The third-order valence-electron chi connectivity index (χ3n) is 1.64. The minimum Gasteiger partial charge on any atom is -0.386 e. The van der Waals surface area contributed by atoms with Crippen LogP contribution in [0.25, 0.3) is 0 Å². The standard InChI is InChI=1S/C8H14N2OS/c1-2-7(11)8-10-6(3-4-9)5-12-8/h5,7,11H,2-4,9H2,1H3. The molecule has 1 heterocycles. The number of hydrogen-bond acceptors (Lipinski definition) is 4. The second-order valence-electron chi connectivity index (χ2n) is 2.64. The lowest BCUT2D eigenvalue weighted by atomic mass is 10.3. The van der Waals surface area contributed by atoms with Gasteiger partial charge in [0.2, 0.25) is 0 Å². The molecule has 0 spiro atoms. The van der Waals surface area contributed by atoms with Gasteiger partial charge in [0.1, 0.15) is 11.1 Å². The fourth-order valence-electron chi connectivity index (χ4n) is 0.913. The number of aliphatic hydroxyl groups excluding tert-OH is 1. The molecule has 1 unspecified atom stereocenters. The molecule has 0 fully saturated rings. The molecule has 0 aliphatic heterocycles. The number of rotatable bonds is 4. The van der Waals surface area contributed by atoms with E-state index in [1.807, 2.05) is 12.3 Å². The van der Waals surface area contributed by atoms with E-state index in [1.54, 1.807) is 0 Å². The summed E-state index contributed by atoms with van der Waals surface area (Å²) in [6, 6.07) is 0. The molecule has 1 aromatic rings. The van der Waals surface area contributed by atoms with E-state index in [1.165, 1.54) is 11.3 Å². The molecule has 0 aliphatic rings. The Balaban J connectivity index is 2.63. The predicted molar refractivity (Wildman–Crippen MR) is 50.1 cm³/mol. The van der Waals surface area contributed by atoms with Crippen molar-refractivity contribution in [1.29, 1.82) is 0 Å². The Morgan fingerprint density at radius 2 is 2.50 bits per heavy atom. The van der Waals surface area contributed by atoms with Crippen LogP contribution < -0.4 is 5.73 Å². The lowest BCUT2D eigenvalue weighted by Crippen LogP contribution is -2.03. The Kier molecular flexibility index (Phi) is 3.65. The van der Waals surface area contributed by atoms with Gasteiger partial charge in [-0.05, 0) is 13.0 Å². The van der Waals surface area contributed by atoms with Gasteiger partial charge in [-0.3, -0.25) is 0 Å². The van der Waals surface area contributed by atoms with Crippen molar-refractivity contribution >= 4 is 11.3 Å². The summed E-state index contributed by atoms with van der Waals surface area (Å²) in [7, 11) is 0. The summed E-state index contributed by atoms with van der Waals surface area (Å²) in [5.41, 5.74) is 6.37. The van der Waals surface area contributed by atoms with Crippen LogP contribution in [-0.2, 0) is 6.42 Å². The van der Waals surface area contributed by atoms with Gasteiger partial charge in [-0.1, -0.05) is 6.92 Å². The van der Waals surface area contributed by atoms with Crippen molar-refractivity contribution in [2.45, 2.75) is 25.9 Å². The highest BCUT2D eigenvalue weighted by Crippen LogP contribution is 2.20. The minimum atomic E-state index is -0.401. The van der Waals surface area contributed by atoms with E-state index in [0.29, 0.717) is 6.54 Å². The molecule has 0 aliphatic carbocycles. The van der Waals surface area contributed by atoms with E-state index in [0.717, 1.165) is 23.5 Å². The van der Waals surface area contributed by atoms with Gasteiger partial charge < -0.3 is 10.8 Å². The van der Waals surface area contributed by atoms with Gasteiger partial charge in [0.15, 0.2) is 0 Å². The summed E-state index contributed by atoms with van der Waals surface area (Å²) in [6.07, 6.45) is 1.12. The van der Waals surface area contributed by atoms with E-state index < -0.39 is 6.10 Å². The van der Waals surface area contributed by atoms with Gasteiger partial charge in [0.25, 0.3) is 0 Å². The molecule has 68 valence electrons. The van der Waals surface area contributed by atoms with Gasteiger partial charge in [0, 0.05) is 11.8 Å². The van der Waals surface area contributed by atoms with Crippen LogP contribution in [0, 0.1) is 0 Å². The quantitative estimate of drug-likeness (QED) is 0.740. The first-order valence-corrected chi connectivity index (χ1v) is 4.98. The molecule has 0 bridgehead atoms. The fraction of sp³-hybridized carbons (Fsp3) is 0.625. The van der Waals surface area contributed by atoms with Crippen LogP contribution in [0.3, 0.4) is 0 Å². The first kappa shape index (κ1) is 9.64. The first-order valence-electron chi connectivity index (χ1n) is 4.10. The molecule has 1 rings (SSSR count). The third-order valence-corrected chi connectivity index (χ3v) is 2.64. The van der Waals surface area contributed by atoms with Crippen LogP contribution in [0.2, 0.25) is 0 Å². The molecule has 0 amide bonds. The van der Waals surface area contributed by atoms with Crippen molar-refractivity contribution in [2.75, 3.05) is 6.54 Å². The molecule has 1 aromatic heterocycles. The second-order valence-corrected chi connectivity index (χ2v) is 3.53. The Labute approximate surface area is 76.3 Å². The number of thiazole rings is 1. The molecule has 4 heteroatoms.